The number of anilines is 1. The number of carbonyl (C=O) groups is 2. The second-order valence-electron chi connectivity index (χ2n) is 6.10. The Hall–Kier alpha value is -2.53. The van der Waals surface area contributed by atoms with E-state index in [2.05, 4.69) is 5.32 Å². The molecule has 1 atom stereocenters. The third-order valence-corrected chi connectivity index (χ3v) is 4.58. The van der Waals surface area contributed by atoms with Gasteiger partial charge in [0.2, 0.25) is 5.91 Å². The number of phenols is 1. The minimum absolute atomic E-state index is 0.0285. The summed E-state index contributed by atoms with van der Waals surface area (Å²) in [6.45, 7) is 0.989. The van der Waals surface area contributed by atoms with Gasteiger partial charge in [-0.2, -0.15) is 0 Å². The summed E-state index contributed by atoms with van der Waals surface area (Å²) in [6, 6.07) is 13.3. The fraction of sp³-hybridized carbons (Fsp3) is 0.263. The number of nitrogens with one attached hydrogen (secondary N) is 1. The molecule has 0 spiro atoms. The van der Waals surface area contributed by atoms with Crippen LogP contribution >= 0.6 is 11.6 Å². The average Bonchev–Trinajstić information content (AvgIpc) is 2.64. The number of phenolic OH excluding ortho intramolecular Hbond substituents is 1. The standard InChI is InChI=1S/C19H19ClN2O3/c20-15-9-7-13(8-10-15)19(25)22-11-3-4-14(12-22)18(24)21-16-5-1-2-6-17(16)23/h1-2,5-10,14,23H,3-4,11-12H2,(H,21,24). The van der Waals surface area contributed by atoms with Crippen LogP contribution in [-0.2, 0) is 4.79 Å². The summed E-state index contributed by atoms with van der Waals surface area (Å²) in [4.78, 5) is 26.8. The minimum Gasteiger partial charge on any atom is -0.506 e. The molecule has 1 unspecified atom stereocenters. The minimum atomic E-state index is -0.301. The van der Waals surface area contributed by atoms with Gasteiger partial charge in [-0.1, -0.05) is 23.7 Å². The Labute approximate surface area is 151 Å². The maximum absolute atomic E-state index is 12.6. The lowest BCUT2D eigenvalue weighted by Crippen LogP contribution is -2.43. The number of amides is 2. The molecule has 2 aromatic carbocycles. The van der Waals surface area contributed by atoms with E-state index in [0.717, 1.165) is 6.42 Å². The number of hydrogen-bond donors (Lipinski definition) is 2. The van der Waals surface area contributed by atoms with Crippen LogP contribution in [0.4, 0.5) is 5.69 Å². The van der Waals surface area contributed by atoms with Crippen molar-refractivity contribution in [1.29, 1.82) is 0 Å². The van der Waals surface area contributed by atoms with Crippen molar-refractivity contribution < 1.29 is 14.7 Å². The van der Waals surface area contributed by atoms with Crippen LogP contribution in [0, 0.1) is 5.92 Å². The number of aromatic hydroxyl groups is 1. The van der Waals surface area contributed by atoms with Crippen LogP contribution in [0.1, 0.15) is 23.2 Å². The number of benzene rings is 2. The zero-order valence-electron chi connectivity index (χ0n) is 13.6. The van der Waals surface area contributed by atoms with Crippen molar-refractivity contribution in [2.75, 3.05) is 18.4 Å². The van der Waals surface area contributed by atoms with Crippen LogP contribution in [0.25, 0.3) is 0 Å². The number of para-hydroxylation sites is 2. The maximum atomic E-state index is 12.6. The van der Waals surface area contributed by atoms with Gasteiger partial charge in [0.15, 0.2) is 0 Å². The van der Waals surface area contributed by atoms with Gasteiger partial charge in [0.25, 0.3) is 5.91 Å². The second kappa shape index (κ2) is 7.57. The monoisotopic (exact) mass is 358 g/mol. The Balaban J connectivity index is 1.66. The Morgan fingerprint density at radius 1 is 1.12 bits per heavy atom. The summed E-state index contributed by atoms with van der Waals surface area (Å²) >= 11 is 5.86. The van der Waals surface area contributed by atoms with Gasteiger partial charge in [-0.25, -0.2) is 0 Å². The maximum Gasteiger partial charge on any atom is 0.253 e. The third kappa shape index (κ3) is 4.12. The van der Waals surface area contributed by atoms with Gasteiger partial charge in [0, 0.05) is 23.7 Å². The van der Waals surface area contributed by atoms with Gasteiger partial charge >= 0.3 is 0 Å². The first-order valence-electron chi connectivity index (χ1n) is 8.18. The summed E-state index contributed by atoms with van der Waals surface area (Å²) in [5, 5.41) is 13.1. The van der Waals surface area contributed by atoms with Gasteiger partial charge in [-0.3, -0.25) is 9.59 Å². The van der Waals surface area contributed by atoms with Gasteiger partial charge in [0.05, 0.1) is 11.6 Å². The molecule has 5 nitrogen and oxygen atoms in total. The molecule has 25 heavy (non-hydrogen) atoms. The molecule has 3 rings (SSSR count). The van der Waals surface area contributed by atoms with Crippen molar-refractivity contribution in [3.63, 3.8) is 0 Å². The first-order chi connectivity index (χ1) is 12.0. The normalized spacial score (nSPS) is 17.2. The highest BCUT2D eigenvalue weighted by Crippen LogP contribution is 2.25. The zero-order chi connectivity index (χ0) is 17.8. The number of piperidine rings is 1. The molecule has 1 saturated heterocycles. The predicted molar refractivity (Wildman–Crippen MR) is 96.8 cm³/mol. The lowest BCUT2D eigenvalue weighted by atomic mass is 9.96. The van der Waals surface area contributed by atoms with E-state index in [1.54, 1.807) is 47.4 Å². The Bertz CT molecular complexity index is 776. The fourth-order valence-corrected chi connectivity index (χ4v) is 3.09. The summed E-state index contributed by atoms with van der Waals surface area (Å²) in [7, 11) is 0. The highest BCUT2D eigenvalue weighted by molar-refractivity contribution is 6.30. The molecule has 0 aromatic heterocycles. The summed E-state index contributed by atoms with van der Waals surface area (Å²) in [6.07, 6.45) is 1.47. The molecule has 0 saturated carbocycles. The molecule has 2 N–H and O–H groups in total. The third-order valence-electron chi connectivity index (χ3n) is 4.33. The van der Waals surface area contributed by atoms with Crippen molar-refractivity contribution in [3.05, 3.63) is 59.1 Å². The van der Waals surface area contributed by atoms with Crippen molar-refractivity contribution >= 4 is 29.1 Å². The number of halogens is 1. The van der Waals surface area contributed by atoms with Crippen LogP contribution in [0.5, 0.6) is 5.75 Å². The van der Waals surface area contributed by atoms with E-state index in [1.807, 2.05) is 0 Å². The summed E-state index contributed by atoms with van der Waals surface area (Å²) in [5.74, 6) is -0.558. The smallest absolute Gasteiger partial charge is 0.253 e. The molecule has 6 heteroatoms. The van der Waals surface area contributed by atoms with E-state index in [4.69, 9.17) is 11.6 Å². The molecule has 0 aliphatic carbocycles. The van der Waals surface area contributed by atoms with Crippen LogP contribution in [0.15, 0.2) is 48.5 Å². The number of carbonyl (C=O) groups excluding carboxylic acids is 2. The summed E-state index contributed by atoms with van der Waals surface area (Å²) in [5.41, 5.74) is 0.944. The number of hydrogen-bond acceptors (Lipinski definition) is 3. The lowest BCUT2D eigenvalue weighted by Gasteiger charge is -2.32. The van der Waals surface area contributed by atoms with E-state index in [9.17, 15) is 14.7 Å². The molecule has 1 heterocycles. The molecule has 0 bridgehead atoms. The summed E-state index contributed by atoms with van der Waals surface area (Å²) < 4.78 is 0. The number of nitrogens with zero attached hydrogens (tertiary/aromatic N) is 1. The largest absolute Gasteiger partial charge is 0.506 e. The van der Waals surface area contributed by atoms with E-state index in [0.29, 0.717) is 35.8 Å². The Morgan fingerprint density at radius 2 is 1.84 bits per heavy atom. The second-order valence-corrected chi connectivity index (χ2v) is 6.54. The Morgan fingerprint density at radius 3 is 2.56 bits per heavy atom. The lowest BCUT2D eigenvalue weighted by molar-refractivity contribution is -0.121. The van der Waals surface area contributed by atoms with E-state index in [1.165, 1.54) is 6.07 Å². The van der Waals surface area contributed by atoms with Gasteiger partial charge < -0.3 is 15.3 Å². The molecule has 1 aliphatic rings. The van der Waals surface area contributed by atoms with Crippen molar-refractivity contribution in [2.45, 2.75) is 12.8 Å². The zero-order valence-corrected chi connectivity index (χ0v) is 14.4. The van der Waals surface area contributed by atoms with Gasteiger partial charge in [-0.15, -0.1) is 0 Å². The predicted octanol–water partition coefficient (Wildman–Crippen LogP) is 3.54. The van der Waals surface area contributed by atoms with Gasteiger partial charge in [-0.05, 0) is 49.2 Å². The molecule has 1 aliphatic heterocycles. The molecule has 130 valence electrons. The Kier molecular flexibility index (Phi) is 5.24. The fourth-order valence-electron chi connectivity index (χ4n) is 2.96. The van der Waals surface area contributed by atoms with Crippen molar-refractivity contribution in [1.82, 2.24) is 4.90 Å². The highest BCUT2D eigenvalue weighted by Gasteiger charge is 2.29. The molecular formula is C19H19ClN2O3. The van der Waals surface area contributed by atoms with Crippen LogP contribution in [0.3, 0.4) is 0 Å². The van der Waals surface area contributed by atoms with E-state index < -0.39 is 0 Å². The quantitative estimate of drug-likeness (QED) is 0.824. The average molecular weight is 359 g/mol. The van der Waals surface area contributed by atoms with Crippen LogP contribution in [-0.4, -0.2) is 34.9 Å². The topological polar surface area (TPSA) is 69.6 Å². The molecule has 0 radical (unpaired) electrons. The van der Waals surface area contributed by atoms with Crippen molar-refractivity contribution in [3.8, 4) is 5.75 Å². The number of likely N-dealkylation sites (tertiary alicyclic amines) is 1. The first kappa shape index (κ1) is 17.3. The highest BCUT2D eigenvalue weighted by atomic mass is 35.5. The van der Waals surface area contributed by atoms with Crippen LogP contribution < -0.4 is 5.32 Å². The van der Waals surface area contributed by atoms with E-state index >= 15 is 0 Å². The van der Waals surface area contributed by atoms with E-state index in [-0.39, 0.29) is 23.5 Å². The number of rotatable bonds is 3. The molecule has 1 fully saturated rings. The SMILES string of the molecule is O=C(Nc1ccccc1O)C1CCCN(C(=O)c2ccc(Cl)cc2)C1. The van der Waals surface area contributed by atoms with Crippen molar-refractivity contribution in [2.24, 2.45) is 5.92 Å². The van der Waals surface area contributed by atoms with Crippen LogP contribution in [0.2, 0.25) is 5.02 Å². The molecule has 2 aromatic rings. The first-order valence-corrected chi connectivity index (χ1v) is 8.56. The van der Waals surface area contributed by atoms with Gasteiger partial charge in [0.1, 0.15) is 5.75 Å². The molecular weight excluding hydrogens is 340 g/mol. The molecule has 2 amide bonds.